The number of rotatable bonds is 6. The van der Waals surface area contributed by atoms with Crippen LogP contribution < -0.4 is 0 Å². The minimum absolute atomic E-state index is 0.231. The van der Waals surface area contributed by atoms with Gasteiger partial charge in [0.15, 0.2) is 0 Å². The van der Waals surface area contributed by atoms with Crippen LogP contribution >= 0.6 is 0 Å². The minimum Gasteiger partial charge on any atom is -0.455 e. The molecule has 0 aliphatic carbocycles. The van der Waals surface area contributed by atoms with E-state index in [0.717, 1.165) is 0 Å². The highest BCUT2D eigenvalue weighted by Crippen LogP contribution is 2.45. The molecule has 1 heterocycles. The molecule has 10 rings (SSSR count). The normalized spacial score (nSPS) is 19.5. The minimum atomic E-state index is -0.915. The van der Waals surface area contributed by atoms with E-state index >= 15 is 0 Å². The molecule has 0 radical (unpaired) electrons. The first kappa shape index (κ1) is 13.0. The van der Waals surface area contributed by atoms with Crippen molar-refractivity contribution < 1.29 is 44.2 Å². The fourth-order valence-corrected chi connectivity index (χ4v) is 6.60. The quantitative estimate of drug-likeness (QED) is 0.158. The largest absolute Gasteiger partial charge is 0.455 e. The van der Waals surface area contributed by atoms with Gasteiger partial charge in [-0.3, -0.25) is 0 Å². The van der Waals surface area contributed by atoms with Crippen molar-refractivity contribution in [1.82, 2.24) is 0 Å². The molecule has 9 aromatic carbocycles. The molecule has 0 unspecified atom stereocenters. The Hall–Kier alpha value is -6.44. The third kappa shape index (κ3) is 4.93. The van der Waals surface area contributed by atoms with E-state index < -0.39 is 276 Å². The van der Waals surface area contributed by atoms with Crippen LogP contribution in [0.5, 0.6) is 0 Å². The molecule has 0 spiro atoms. The zero-order valence-electron chi connectivity index (χ0n) is 55.8. The standard InChI is InChI=1S/C51H36O/c1-33-32-37(34-14-3-2-4-15-34)28-29-38(33)39-18-7-5-16-35(39)26-30-43-41-20-9-11-22-44(41)49(45-23-12-10-21-42(43)45)46-24-13-25-48-50(46)47-31-27-36-17-6-8-19-40(36)51(47)52-48/h2-25,27-29,31-32H,26,30H2,1H3/i2D,3D,4D,5D,6D,7D,8D,9D,10D,11D,12D,13D,14D,15D,16D,17D,18D,19D,20D,21D,22D,23D,24D,25D,27D,28D,29D,31D,32D. The van der Waals surface area contributed by atoms with Gasteiger partial charge in [0.25, 0.3) is 0 Å². The summed E-state index contributed by atoms with van der Waals surface area (Å²) in [7, 11) is 0. The van der Waals surface area contributed by atoms with Gasteiger partial charge in [-0.1, -0.05) is 163 Å². The van der Waals surface area contributed by atoms with Crippen molar-refractivity contribution in [2.24, 2.45) is 0 Å². The van der Waals surface area contributed by atoms with E-state index in [1.165, 1.54) is 6.92 Å². The Morgan fingerprint density at radius 1 is 0.462 bits per heavy atom. The molecular formula is C51H36O. The van der Waals surface area contributed by atoms with E-state index in [2.05, 4.69) is 0 Å². The maximum atomic E-state index is 9.57. The van der Waals surface area contributed by atoms with Gasteiger partial charge in [0, 0.05) is 16.2 Å². The molecule has 0 aliphatic rings. The molecule has 0 saturated heterocycles. The van der Waals surface area contributed by atoms with Gasteiger partial charge in [0.1, 0.15) is 11.2 Å². The van der Waals surface area contributed by atoms with Crippen LogP contribution in [0.4, 0.5) is 0 Å². The topological polar surface area (TPSA) is 13.1 Å². The lowest BCUT2D eigenvalue weighted by molar-refractivity contribution is 0.673. The van der Waals surface area contributed by atoms with E-state index in [0.29, 0.717) is 0 Å². The highest BCUT2D eigenvalue weighted by atomic mass is 16.3. The Morgan fingerprint density at radius 2 is 1.12 bits per heavy atom. The van der Waals surface area contributed by atoms with Gasteiger partial charge in [-0.2, -0.15) is 0 Å². The second-order valence-corrected chi connectivity index (χ2v) is 11.7. The summed E-state index contributed by atoms with van der Waals surface area (Å²) in [6, 6.07) is -23.6. The van der Waals surface area contributed by atoms with Crippen LogP contribution in [0.15, 0.2) is 180 Å². The van der Waals surface area contributed by atoms with Crippen LogP contribution in [0.3, 0.4) is 0 Å². The predicted octanol–water partition coefficient (Wildman–Crippen LogP) is 14.1. The monoisotopic (exact) mass is 693 g/mol. The molecule has 1 nitrogen and oxygen atoms in total. The summed E-state index contributed by atoms with van der Waals surface area (Å²) in [6.07, 6.45) is -1.25. The number of fused-ring (bicyclic) bond motifs is 7. The lowest BCUT2D eigenvalue weighted by Crippen LogP contribution is -1.99. The molecule has 0 atom stereocenters. The zero-order chi connectivity index (χ0) is 59.8. The van der Waals surface area contributed by atoms with Crippen molar-refractivity contribution >= 4 is 54.3 Å². The van der Waals surface area contributed by atoms with Gasteiger partial charge in [-0.05, 0) is 109 Å². The van der Waals surface area contributed by atoms with E-state index in [1.807, 2.05) is 0 Å². The Morgan fingerprint density at radius 3 is 1.90 bits per heavy atom. The van der Waals surface area contributed by atoms with Crippen molar-refractivity contribution in [2.75, 3.05) is 0 Å². The average Bonchev–Trinajstić information content (AvgIpc) is 2.11. The first-order valence-corrected chi connectivity index (χ1v) is 15.9. The second-order valence-electron chi connectivity index (χ2n) is 11.7. The summed E-state index contributed by atoms with van der Waals surface area (Å²) in [4.78, 5) is 0. The van der Waals surface area contributed by atoms with Crippen LogP contribution in [-0.2, 0) is 12.8 Å². The van der Waals surface area contributed by atoms with Crippen LogP contribution in [0.25, 0.3) is 87.6 Å². The molecule has 0 amide bonds. The molecule has 0 bridgehead atoms. The number of benzene rings is 9. The van der Waals surface area contributed by atoms with Crippen LogP contribution in [-0.4, -0.2) is 0 Å². The van der Waals surface area contributed by atoms with Crippen LogP contribution in [0.2, 0.25) is 0 Å². The third-order valence-electron chi connectivity index (χ3n) is 8.87. The predicted molar refractivity (Wildman–Crippen MR) is 221 cm³/mol. The zero-order valence-corrected chi connectivity index (χ0v) is 26.8. The Balaban J connectivity index is 1.35. The van der Waals surface area contributed by atoms with Gasteiger partial charge >= 0.3 is 0 Å². The maximum Gasteiger partial charge on any atom is 0.143 e. The van der Waals surface area contributed by atoms with Gasteiger partial charge in [-0.25, -0.2) is 0 Å². The summed E-state index contributed by atoms with van der Waals surface area (Å²) < 4.78 is 266. The van der Waals surface area contributed by atoms with E-state index in [4.69, 9.17) is 30.5 Å². The van der Waals surface area contributed by atoms with Crippen molar-refractivity contribution in [1.29, 1.82) is 0 Å². The number of hydrogen-bond donors (Lipinski definition) is 0. The first-order chi connectivity index (χ1) is 37.8. The first-order valence-electron chi connectivity index (χ1n) is 30.4. The van der Waals surface area contributed by atoms with Crippen molar-refractivity contribution in [3.05, 3.63) is 192 Å². The summed E-state index contributed by atoms with van der Waals surface area (Å²) >= 11 is 0. The molecule has 0 aliphatic heterocycles. The smallest absolute Gasteiger partial charge is 0.143 e. The molecule has 0 saturated carbocycles. The Labute approximate surface area is 344 Å². The average molecular weight is 694 g/mol. The van der Waals surface area contributed by atoms with Gasteiger partial charge in [-0.15, -0.1) is 0 Å². The molecule has 52 heavy (non-hydrogen) atoms. The van der Waals surface area contributed by atoms with Crippen LogP contribution in [0, 0.1) is 6.92 Å². The summed E-state index contributed by atoms with van der Waals surface area (Å²) in [5, 5.41) is -3.90. The number of hydrogen-bond acceptors (Lipinski definition) is 1. The van der Waals surface area contributed by atoms with Crippen molar-refractivity contribution in [3.63, 3.8) is 0 Å². The molecule has 0 fully saturated rings. The summed E-state index contributed by atoms with van der Waals surface area (Å²) in [5.41, 5.74) is -5.12. The Bertz CT molecular complexity index is 4500. The molecule has 246 valence electrons. The third-order valence-corrected chi connectivity index (χ3v) is 8.87. The number of furan rings is 1. The maximum absolute atomic E-state index is 9.57. The van der Waals surface area contributed by atoms with Gasteiger partial charge in [0.2, 0.25) is 0 Å². The SMILES string of the molecule is [2H]c1c([2H])c([2H])c(-c2c([2H])c([2H])c(-c3c([2H])c([2H])c([2H])c([2H])c3CCc3c4c([2H])c([2H])c([2H])c([2H])c4c(-c4c([2H])c([2H])c([2H])c5oc6c7c([2H])c([2H])c([2H])c([2H])c7c([2H])c([2H])c6c45)c4c([2H])c([2H])c([2H])c([2H])c34)c(C)c2[2H])c([2H])c1[2H]. The highest BCUT2D eigenvalue weighted by Gasteiger charge is 2.20. The van der Waals surface area contributed by atoms with Crippen LogP contribution in [0.1, 0.15) is 56.4 Å². The van der Waals surface area contributed by atoms with E-state index in [-0.39, 0.29) is 16.7 Å². The highest BCUT2D eigenvalue weighted by molar-refractivity contribution is 6.24. The molecule has 1 heteroatoms. The molecule has 10 aromatic rings. The van der Waals surface area contributed by atoms with Crippen molar-refractivity contribution in [2.45, 2.75) is 19.8 Å². The Kier molecular flexibility index (Phi) is 3.09. The fourth-order valence-electron chi connectivity index (χ4n) is 6.60. The molecule has 0 N–H and O–H groups in total. The van der Waals surface area contributed by atoms with E-state index in [1.54, 1.807) is 0 Å². The molecule has 1 aromatic heterocycles. The summed E-state index contributed by atoms with van der Waals surface area (Å²) in [6.45, 7) is 1.26. The van der Waals surface area contributed by atoms with E-state index in [9.17, 15) is 13.7 Å². The molecular weight excluding hydrogens is 629 g/mol. The van der Waals surface area contributed by atoms with Gasteiger partial charge in [0.05, 0.1) is 39.8 Å². The summed E-state index contributed by atoms with van der Waals surface area (Å²) in [5.74, 6) is 0. The lowest BCUT2D eigenvalue weighted by Gasteiger charge is -2.19. The second kappa shape index (κ2) is 12.4. The van der Waals surface area contributed by atoms with Crippen molar-refractivity contribution in [3.8, 4) is 33.4 Å². The van der Waals surface area contributed by atoms with Gasteiger partial charge < -0.3 is 4.42 Å². The lowest BCUT2D eigenvalue weighted by atomic mass is 9.84. The number of aryl methyl sites for hydroxylation is 1. The fraction of sp³-hybridized carbons (Fsp3) is 0.0588.